The second-order valence-electron chi connectivity index (χ2n) is 2.73. The van der Waals surface area contributed by atoms with Gasteiger partial charge in [-0.25, -0.2) is 5.48 Å². The third-order valence-electron chi connectivity index (χ3n) is 1.54. The lowest BCUT2D eigenvalue weighted by atomic mass is 10.2. The van der Waals surface area contributed by atoms with Crippen molar-refractivity contribution in [1.29, 1.82) is 0 Å². The fourth-order valence-corrected chi connectivity index (χ4v) is 0.818. The Labute approximate surface area is 74.6 Å². The molecule has 0 amide bonds. The van der Waals surface area contributed by atoms with Crippen LogP contribution in [0.25, 0.3) is 0 Å². The lowest BCUT2D eigenvalue weighted by Gasteiger charge is -2.04. The molecule has 12 heavy (non-hydrogen) atoms. The quantitative estimate of drug-likeness (QED) is 0.340. The highest BCUT2D eigenvalue weighted by Crippen LogP contribution is 1.90. The Morgan fingerprint density at radius 3 is 2.33 bits per heavy atom. The molecule has 0 aromatic rings. The minimum Gasteiger partial charge on any atom is -0.330 e. The van der Waals surface area contributed by atoms with Crippen LogP contribution in [0.15, 0.2) is 0 Å². The van der Waals surface area contributed by atoms with E-state index in [1.807, 2.05) is 0 Å². The van der Waals surface area contributed by atoms with E-state index in [2.05, 4.69) is 5.48 Å². The summed E-state index contributed by atoms with van der Waals surface area (Å²) in [4.78, 5) is 5.09. The first-order valence-electron chi connectivity index (χ1n) is 4.66. The highest BCUT2D eigenvalue weighted by atomic mass is 16.6. The van der Waals surface area contributed by atoms with Crippen LogP contribution in [0, 0.1) is 0 Å². The first kappa shape index (κ1) is 11.8. The van der Waals surface area contributed by atoms with Crippen molar-refractivity contribution in [3.05, 3.63) is 0 Å². The van der Waals surface area contributed by atoms with Crippen molar-refractivity contribution in [3.63, 3.8) is 0 Å². The number of rotatable bonds is 9. The summed E-state index contributed by atoms with van der Waals surface area (Å²) in [5, 5.41) is 0. The predicted molar refractivity (Wildman–Crippen MR) is 50.5 cm³/mol. The molecule has 0 spiro atoms. The van der Waals surface area contributed by atoms with Crippen LogP contribution in [0.3, 0.4) is 0 Å². The number of hydrogen-bond donors (Lipinski definition) is 3. The molecule has 0 bridgehead atoms. The van der Waals surface area contributed by atoms with Crippen LogP contribution in [0.5, 0.6) is 0 Å². The van der Waals surface area contributed by atoms with Crippen molar-refractivity contribution < 1.29 is 4.84 Å². The molecule has 0 saturated heterocycles. The fraction of sp³-hybridized carbons (Fsp3) is 1.00. The lowest BCUT2D eigenvalue weighted by molar-refractivity contribution is 0.0398. The molecule has 0 aliphatic rings. The Balaban J connectivity index is 2.73. The Morgan fingerprint density at radius 1 is 0.917 bits per heavy atom. The van der Waals surface area contributed by atoms with Gasteiger partial charge in [-0.05, 0) is 32.4 Å². The van der Waals surface area contributed by atoms with E-state index < -0.39 is 0 Å². The largest absolute Gasteiger partial charge is 0.330 e. The molecule has 74 valence electrons. The zero-order valence-electron chi connectivity index (χ0n) is 7.72. The molecule has 0 aromatic carbocycles. The van der Waals surface area contributed by atoms with Crippen molar-refractivity contribution in [2.24, 2.45) is 11.5 Å². The van der Waals surface area contributed by atoms with Gasteiger partial charge in [-0.1, -0.05) is 6.42 Å². The maximum absolute atomic E-state index is 5.34. The third kappa shape index (κ3) is 9.84. The van der Waals surface area contributed by atoms with Gasteiger partial charge in [0.15, 0.2) is 0 Å². The van der Waals surface area contributed by atoms with Gasteiger partial charge in [0.05, 0.1) is 6.61 Å². The molecule has 0 fully saturated rings. The van der Waals surface area contributed by atoms with Crippen LogP contribution in [0.4, 0.5) is 0 Å². The van der Waals surface area contributed by atoms with E-state index >= 15 is 0 Å². The molecular formula is C8H21N3O. The monoisotopic (exact) mass is 175 g/mol. The summed E-state index contributed by atoms with van der Waals surface area (Å²) >= 11 is 0. The average molecular weight is 175 g/mol. The Morgan fingerprint density at radius 2 is 1.67 bits per heavy atom. The second kappa shape index (κ2) is 10.8. The molecule has 5 N–H and O–H groups in total. The average Bonchev–Trinajstić information content (AvgIpc) is 2.10. The van der Waals surface area contributed by atoms with Gasteiger partial charge in [0, 0.05) is 6.54 Å². The van der Waals surface area contributed by atoms with E-state index in [1.54, 1.807) is 0 Å². The molecule has 0 unspecified atom stereocenters. The molecule has 0 aromatic heterocycles. The van der Waals surface area contributed by atoms with Gasteiger partial charge in [-0.3, -0.25) is 0 Å². The summed E-state index contributed by atoms with van der Waals surface area (Å²) in [6.07, 6.45) is 4.31. The smallest absolute Gasteiger partial charge is 0.0694 e. The molecular weight excluding hydrogens is 154 g/mol. The highest BCUT2D eigenvalue weighted by molar-refractivity contribution is 4.43. The van der Waals surface area contributed by atoms with Crippen LogP contribution in [-0.2, 0) is 4.84 Å². The summed E-state index contributed by atoms with van der Waals surface area (Å²) in [7, 11) is 0. The maximum Gasteiger partial charge on any atom is 0.0694 e. The van der Waals surface area contributed by atoms with E-state index in [0.29, 0.717) is 13.2 Å². The number of nitrogens with two attached hydrogens (primary N) is 2. The third-order valence-corrected chi connectivity index (χ3v) is 1.54. The zero-order chi connectivity index (χ0) is 9.07. The van der Waals surface area contributed by atoms with Crippen molar-refractivity contribution in [2.45, 2.75) is 25.7 Å². The Hall–Kier alpha value is -0.160. The summed E-state index contributed by atoms with van der Waals surface area (Å²) < 4.78 is 0. The first-order valence-corrected chi connectivity index (χ1v) is 4.66. The van der Waals surface area contributed by atoms with Crippen molar-refractivity contribution in [1.82, 2.24) is 5.48 Å². The molecule has 0 heterocycles. The highest BCUT2D eigenvalue weighted by Gasteiger charge is 1.88. The SMILES string of the molecule is NCCCCCNOCCCN. The zero-order valence-corrected chi connectivity index (χ0v) is 7.72. The first-order chi connectivity index (χ1) is 5.91. The standard InChI is InChI=1S/C8H21N3O/c9-5-2-1-3-7-11-12-8-4-6-10/h11H,1-10H2. The van der Waals surface area contributed by atoms with Gasteiger partial charge < -0.3 is 16.3 Å². The lowest BCUT2D eigenvalue weighted by Crippen LogP contribution is -2.18. The van der Waals surface area contributed by atoms with E-state index in [-0.39, 0.29) is 0 Å². The summed E-state index contributed by atoms with van der Waals surface area (Å²) in [6, 6.07) is 0. The summed E-state index contributed by atoms with van der Waals surface area (Å²) in [5.74, 6) is 0. The minimum absolute atomic E-state index is 0.689. The van der Waals surface area contributed by atoms with E-state index in [4.69, 9.17) is 16.3 Å². The number of nitrogens with one attached hydrogen (secondary N) is 1. The fourth-order valence-electron chi connectivity index (χ4n) is 0.818. The van der Waals surface area contributed by atoms with Crippen LogP contribution in [-0.4, -0.2) is 26.2 Å². The topological polar surface area (TPSA) is 73.3 Å². The molecule has 0 saturated carbocycles. The second-order valence-corrected chi connectivity index (χ2v) is 2.73. The number of unbranched alkanes of at least 4 members (excludes halogenated alkanes) is 2. The maximum atomic E-state index is 5.34. The van der Waals surface area contributed by atoms with E-state index in [0.717, 1.165) is 32.4 Å². The van der Waals surface area contributed by atoms with Crippen LogP contribution in [0.2, 0.25) is 0 Å². The molecule has 0 radical (unpaired) electrons. The molecule has 0 rings (SSSR count). The van der Waals surface area contributed by atoms with Gasteiger partial charge in [0.2, 0.25) is 0 Å². The normalized spacial score (nSPS) is 10.5. The minimum atomic E-state index is 0.689. The van der Waals surface area contributed by atoms with Crippen molar-refractivity contribution in [2.75, 3.05) is 26.2 Å². The van der Waals surface area contributed by atoms with Gasteiger partial charge in [0.25, 0.3) is 0 Å². The molecule has 0 atom stereocenters. The van der Waals surface area contributed by atoms with Crippen LogP contribution < -0.4 is 16.9 Å². The van der Waals surface area contributed by atoms with Gasteiger partial charge in [0.1, 0.15) is 0 Å². The van der Waals surface area contributed by atoms with Gasteiger partial charge in [-0.2, -0.15) is 0 Å². The van der Waals surface area contributed by atoms with Gasteiger partial charge in [-0.15, -0.1) is 0 Å². The predicted octanol–water partition coefficient (Wildman–Crippen LogP) is -0.0146. The van der Waals surface area contributed by atoms with E-state index in [1.165, 1.54) is 6.42 Å². The van der Waals surface area contributed by atoms with Crippen LogP contribution >= 0.6 is 0 Å². The Bertz CT molecular complexity index is 70.7. The summed E-state index contributed by atoms with van der Waals surface area (Å²) in [5.41, 5.74) is 13.5. The van der Waals surface area contributed by atoms with Crippen LogP contribution in [0.1, 0.15) is 25.7 Å². The summed E-state index contributed by atoms with van der Waals surface area (Å²) in [6.45, 7) is 3.08. The van der Waals surface area contributed by atoms with Crippen molar-refractivity contribution >= 4 is 0 Å². The molecule has 0 aliphatic heterocycles. The Kier molecular flexibility index (Phi) is 10.7. The van der Waals surface area contributed by atoms with E-state index in [9.17, 15) is 0 Å². The number of hydroxylamine groups is 1. The molecule has 4 nitrogen and oxygen atoms in total. The molecule has 0 aliphatic carbocycles. The molecule has 4 heteroatoms. The van der Waals surface area contributed by atoms with Crippen molar-refractivity contribution in [3.8, 4) is 0 Å². The van der Waals surface area contributed by atoms with Gasteiger partial charge >= 0.3 is 0 Å². The number of hydrogen-bond acceptors (Lipinski definition) is 4.